The van der Waals surface area contributed by atoms with E-state index in [1.54, 1.807) is 0 Å². The van der Waals surface area contributed by atoms with Gasteiger partial charge in [0.05, 0.1) is 4.90 Å². The lowest BCUT2D eigenvalue weighted by Crippen LogP contribution is -2.42. The van der Waals surface area contributed by atoms with Gasteiger partial charge in [-0.1, -0.05) is 18.0 Å². The largest absolute Gasteiger partial charge is 0.352 e. The van der Waals surface area contributed by atoms with E-state index in [0.29, 0.717) is 16.9 Å². The van der Waals surface area contributed by atoms with E-state index in [9.17, 15) is 13.2 Å². The molecule has 0 radical (unpaired) electrons. The van der Waals surface area contributed by atoms with E-state index in [4.69, 9.17) is 11.6 Å². The summed E-state index contributed by atoms with van der Waals surface area (Å²) in [6.07, 6.45) is 5.00. The van der Waals surface area contributed by atoms with Crippen LogP contribution in [0.15, 0.2) is 29.2 Å². The molecule has 0 heterocycles. The molecule has 0 aliphatic heterocycles. The van der Waals surface area contributed by atoms with Gasteiger partial charge in [-0.25, -0.2) is 8.42 Å². The smallest absolute Gasteiger partial charge is 0.235 e. The standard InChI is InChI=1S/C17H22ClNO3S/c1-11(16-9-12-2-3-13(16)8-12)19-17(20)10-23(21,22)15-6-4-14(18)5-7-15/h4-7,11-13,16H,2-3,8-10H2,1H3,(H,19,20). The molecule has 23 heavy (non-hydrogen) atoms. The summed E-state index contributed by atoms with van der Waals surface area (Å²) in [4.78, 5) is 12.3. The van der Waals surface area contributed by atoms with Crippen LogP contribution in [-0.4, -0.2) is 26.1 Å². The van der Waals surface area contributed by atoms with Crippen molar-refractivity contribution in [1.29, 1.82) is 0 Å². The molecule has 2 bridgehead atoms. The lowest BCUT2D eigenvalue weighted by Gasteiger charge is -2.28. The van der Waals surface area contributed by atoms with Gasteiger partial charge in [-0.05, 0) is 68.2 Å². The van der Waals surface area contributed by atoms with Crippen LogP contribution in [0.2, 0.25) is 5.02 Å². The molecule has 2 saturated carbocycles. The maximum Gasteiger partial charge on any atom is 0.235 e. The molecule has 2 fully saturated rings. The van der Waals surface area contributed by atoms with Gasteiger partial charge in [-0.3, -0.25) is 4.79 Å². The van der Waals surface area contributed by atoms with Gasteiger partial charge in [0.2, 0.25) is 5.91 Å². The van der Waals surface area contributed by atoms with Gasteiger partial charge in [0.1, 0.15) is 5.75 Å². The first-order valence-corrected chi connectivity index (χ1v) is 10.2. The van der Waals surface area contributed by atoms with E-state index < -0.39 is 21.5 Å². The van der Waals surface area contributed by atoms with Gasteiger partial charge in [0.25, 0.3) is 0 Å². The Hall–Kier alpha value is -1.07. The minimum Gasteiger partial charge on any atom is -0.352 e. The van der Waals surface area contributed by atoms with Crippen molar-refractivity contribution in [2.75, 3.05) is 5.75 Å². The maximum absolute atomic E-state index is 12.3. The summed E-state index contributed by atoms with van der Waals surface area (Å²) in [7, 11) is -3.63. The molecule has 0 saturated heterocycles. The first-order valence-electron chi connectivity index (χ1n) is 8.13. The fourth-order valence-corrected chi connectivity index (χ4v) is 5.48. The Morgan fingerprint density at radius 3 is 2.52 bits per heavy atom. The second kappa shape index (κ2) is 6.44. The topological polar surface area (TPSA) is 63.2 Å². The van der Waals surface area contributed by atoms with Crippen molar-refractivity contribution in [3.05, 3.63) is 29.3 Å². The Morgan fingerprint density at radius 1 is 1.26 bits per heavy atom. The first kappa shape index (κ1) is 16.8. The summed E-state index contributed by atoms with van der Waals surface area (Å²) in [5.74, 6) is 1.07. The van der Waals surface area contributed by atoms with Crippen molar-refractivity contribution < 1.29 is 13.2 Å². The molecule has 4 atom stereocenters. The first-order chi connectivity index (χ1) is 10.8. The number of hydrogen-bond acceptors (Lipinski definition) is 3. The van der Waals surface area contributed by atoms with Crippen molar-refractivity contribution in [1.82, 2.24) is 5.32 Å². The van der Waals surface area contributed by atoms with Crippen molar-refractivity contribution in [2.45, 2.75) is 43.5 Å². The van der Waals surface area contributed by atoms with E-state index in [1.807, 2.05) is 6.92 Å². The predicted octanol–water partition coefficient (Wildman–Crippen LogP) is 3.05. The van der Waals surface area contributed by atoms with Crippen LogP contribution >= 0.6 is 11.6 Å². The molecule has 1 N–H and O–H groups in total. The quantitative estimate of drug-likeness (QED) is 0.882. The molecular weight excluding hydrogens is 334 g/mol. The van der Waals surface area contributed by atoms with Crippen LogP contribution in [0.1, 0.15) is 32.6 Å². The highest BCUT2D eigenvalue weighted by Gasteiger charge is 2.42. The van der Waals surface area contributed by atoms with Gasteiger partial charge in [-0.15, -0.1) is 0 Å². The SMILES string of the molecule is CC(NC(=O)CS(=O)(=O)c1ccc(Cl)cc1)C1CC2CCC1C2. The number of rotatable bonds is 5. The van der Waals surface area contributed by atoms with Crippen LogP contribution in [-0.2, 0) is 14.6 Å². The van der Waals surface area contributed by atoms with Gasteiger partial charge in [0.15, 0.2) is 9.84 Å². The van der Waals surface area contributed by atoms with Crippen molar-refractivity contribution in [2.24, 2.45) is 17.8 Å². The van der Waals surface area contributed by atoms with E-state index in [0.717, 1.165) is 12.3 Å². The summed E-state index contributed by atoms with van der Waals surface area (Å²) in [5, 5.41) is 3.37. The Morgan fingerprint density at radius 2 is 1.96 bits per heavy atom. The van der Waals surface area contributed by atoms with Crippen LogP contribution in [0.4, 0.5) is 0 Å². The van der Waals surface area contributed by atoms with Gasteiger partial charge < -0.3 is 5.32 Å². The summed E-state index contributed by atoms with van der Waals surface area (Å²) < 4.78 is 24.6. The fraction of sp³-hybridized carbons (Fsp3) is 0.588. The highest BCUT2D eigenvalue weighted by Crippen LogP contribution is 2.49. The number of sulfone groups is 1. The Bertz CT molecular complexity index is 686. The highest BCUT2D eigenvalue weighted by atomic mass is 35.5. The Labute approximate surface area is 142 Å². The molecular formula is C17H22ClNO3S. The molecule has 2 aliphatic carbocycles. The minimum absolute atomic E-state index is 0.0400. The second-order valence-electron chi connectivity index (χ2n) is 6.91. The lowest BCUT2D eigenvalue weighted by molar-refractivity contribution is -0.119. The molecule has 1 aromatic rings. The van der Waals surface area contributed by atoms with E-state index in [1.165, 1.54) is 43.5 Å². The number of nitrogens with one attached hydrogen (secondary N) is 1. The average molecular weight is 356 g/mol. The number of fused-ring (bicyclic) bond motifs is 2. The second-order valence-corrected chi connectivity index (χ2v) is 9.33. The van der Waals surface area contributed by atoms with Gasteiger partial charge in [0, 0.05) is 11.1 Å². The van der Waals surface area contributed by atoms with Crippen molar-refractivity contribution in [3.63, 3.8) is 0 Å². The van der Waals surface area contributed by atoms with Crippen LogP contribution < -0.4 is 5.32 Å². The van der Waals surface area contributed by atoms with Crippen molar-refractivity contribution >= 4 is 27.3 Å². The third-order valence-electron chi connectivity index (χ3n) is 5.32. The monoisotopic (exact) mass is 355 g/mol. The van der Waals surface area contributed by atoms with Crippen LogP contribution in [0.5, 0.6) is 0 Å². The molecule has 6 heteroatoms. The predicted molar refractivity (Wildman–Crippen MR) is 90.0 cm³/mol. The molecule has 1 amide bonds. The molecule has 1 aromatic carbocycles. The maximum atomic E-state index is 12.3. The molecule has 2 aliphatic rings. The average Bonchev–Trinajstić information content (AvgIpc) is 3.09. The number of halogens is 1. The molecule has 4 nitrogen and oxygen atoms in total. The van der Waals surface area contributed by atoms with Crippen LogP contribution in [0, 0.1) is 17.8 Å². The normalized spacial score (nSPS) is 27.8. The van der Waals surface area contributed by atoms with E-state index in [2.05, 4.69) is 5.32 Å². The number of benzene rings is 1. The Kier molecular flexibility index (Phi) is 4.70. The third kappa shape index (κ3) is 3.72. The fourth-order valence-electron chi connectivity index (χ4n) is 4.21. The van der Waals surface area contributed by atoms with Crippen molar-refractivity contribution in [3.8, 4) is 0 Å². The minimum atomic E-state index is -3.63. The number of amides is 1. The zero-order valence-electron chi connectivity index (χ0n) is 13.2. The number of hydrogen-bond donors (Lipinski definition) is 1. The number of carbonyl (C=O) groups excluding carboxylic acids is 1. The molecule has 126 valence electrons. The Balaban J connectivity index is 1.59. The summed E-state index contributed by atoms with van der Waals surface area (Å²) >= 11 is 5.77. The van der Waals surface area contributed by atoms with Gasteiger partial charge in [-0.2, -0.15) is 0 Å². The van der Waals surface area contributed by atoms with E-state index >= 15 is 0 Å². The summed E-state index contributed by atoms with van der Waals surface area (Å²) in [6.45, 7) is 2.00. The molecule has 3 rings (SSSR count). The molecule has 0 spiro atoms. The molecule has 0 aromatic heterocycles. The molecule has 4 unspecified atom stereocenters. The van der Waals surface area contributed by atoms with Gasteiger partial charge >= 0.3 is 0 Å². The number of carbonyl (C=O) groups is 1. The van der Waals surface area contributed by atoms with Crippen LogP contribution in [0.25, 0.3) is 0 Å². The summed E-state index contributed by atoms with van der Waals surface area (Å²) in [6, 6.07) is 5.95. The lowest BCUT2D eigenvalue weighted by atomic mass is 9.84. The zero-order valence-corrected chi connectivity index (χ0v) is 14.7. The zero-order chi connectivity index (χ0) is 16.6. The summed E-state index contributed by atoms with van der Waals surface area (Å²) in [5.41, 5.74) is 0. The third-order valence-corrected chi connectivity index (χ3v) is 7.20. The highest BCUT2D eigenvalue weighted by molar-refractivity contribution is 7.92. The van der Waals surface area contributed by atoms with Crippen LogP contribution in [0.3, 0.4) is 0 Å². The van der Waals surface area contributed by atoms with E-state index in [-0.39, 0.29) is 10.9 Å².